The second-order valence-corrected chi connectivity index (χ2v) is 3.99. The van der Waals surface area contributed by atoms with Gasteiger partial charge in [-0.1, -0.05) is 17.0 Å². The summed E-state index contributed by atoms with van der Waals surface area (Å²) in [6, 6.07) is 3.32. The molecule has 0 spiro atoms. The van der Waals surface area contributed by atoms with E-state index >= 15 is 0 Å². The van der Waals surface area contributed by atoms with Crippen LogP contribution < -0.4 is 5.32 Å². The molecule has 0 aliphatic heterocycles. The summed E-state index contributed by atoms with van der Waals surface area (Å²) in [5.74, 6) is 5.59. The fraction of sp³-hybridized carbons (Fsp3) is 0.214. The van der Waals surface area contributed by atoms with E-state index in [2.05, 4.69) is 27.3 Å². The molecule has 20 heavy (non-hydrogen) atoms. The molecule has 1 amide bonds. The van der Waals surface area contributed by atoms with Gasteiger partial charge in [0.05, 0.1) is 17.7 Å². The Morgan fingerprint density at radius 1 is 1.55 bits per heavy atom. The maximum atomic E-state index is 12.1. The van der Waals surface area contributed by atoms with E-state index in [1.807, 2.05) is 0 Å². The molecule has 102 valence electrons. The van der Waals surface area contributed by atoms with Crippen molar-refractivity contribution in [1.29, 1.82) is 0 Å². The fourth-order valence-electron chi connectivity index (χ4n) is 1.59. The Morgan fingerprint density at radius 2 is 2.40 bits per heavy atom. The van der Waals surface area contributed by atoms with Gasteiger partial charge in [0.2, 0.25) is 0 Å². The minimum atomic E-state index is -0.282. The van der Waals surface area contributed by atoms with E-state index in [0.29, 0.717) is 22.6 Å². The molecule has 6 heteroatoms. The number of aryl methyl sites for hydroxylation is 1. The van der Waals surface area contributed by atoms with Crippen molar-refractivity contribution < 1.29 is 14.4 Å². The topological polar surface area (TPSA) is 88.2 Å². The lowest BCUT2D eigenvalue weighted by molar-refractivity contribution is 0.0949. The summed E-state index contributed by atoms with van der Waals surface area (Å²) < 4.78 is 4.92. The molecular formula is C14H13N3O3. The third kappa shape index (κ3) is 3.43. The van der Waals surface area contributed by atoms with Crippen LogP contribution >= 0.6 is 0 Å². The Bertz CT molecular complexity index is 668. The Balaban J connectivity index is 2.09. The number of hydrogen-bond donors (Lipinski definition) is 2. The van der Waals surface area contributed by atoms with Gasteiger partial charge in [0.25, 0.3) is 5.91 Å². The predicted octanol–water partition coefficient (Wildman–Crippen LogP) is 0.652. The lowest BCUT2D eigenvalue weighted by Gasteiger charge is -2.04. The van der Waals surface area contributed by atoms with Crippen molar-refractivity contribution in [3.8, 4) is 11.8 Å². The Morgan fingerprint density at radius 3 is 3.10 bits per heavy atom. The first-order chi connectivity index (χ1) is 9.70. The van der Waals surface area contributed by atoms with E-state index in [0.717, 1.165) is 0 Å². The lowest BCUT2D eigenvalue weighted by Crippen LogP contribution is -2.23. The van der Waals surface area contributed by atoms with Crippen molar-refractivity contribution in [2.75, 3.05) is 6.61 Å². The lowest BCUT2D eigenvalue weighted by atomic mass is 10.1. The number of pyridine rings is 1. The van der Waals surface area contributed by atoms with Crippen molar-refractivity contribution in [1.82, 2.24) is 15.5 Å². The van der Waals surface area contributed by atoms with Crippen molar-refractivity contribution in [2.24, 2.45) is 0 Å². The highest BCUT2D eigenvalue weighted by Gasteiger charge is 2.10. The number of aliphatic hydroxyl groups is 1. The van der Waals surface area contributed by atoms with Gasteiger partial charge in [0.1, 0.15) is 18.1 Å². The van der Waals surface area contributed by atoms with E-state index in [9.17, 15) is 4.79 Å². The molecule has 0 bridgehead atoms. The van der Waals surface area contributed by atoms with Gasteiger partial charge in [-0.05, 0) is 13.0 Å². The Labute approximate surface area is 115 Å². The van der Waals surface area contributed by atoms with Crippen LogP contribution in [-0.2, 0) is 6.54 Å². The molecule has 0 aromatic carbocycles. The zero-order valence-electron chi connectivity index (χ0n) is 10.9. The molecule has 2 aromatic heterocycles. The third-order valence-corrected chi connectivity index (χ3v) is 2.47. The molecule has 2 heterocycles. The zero-order chi connectivity index (χ0) is 14.4. The van der Waals surface area contributed by atoms with E-state index in [-0.39, 0.29) is 19.1 Å². The third-order valence-electron chi connectivity index (χ3n) is 2.47. The second kappa shape index (κ2) is 6.50. The molecule has 6 nitrogen and oxygen atoms in total. The smallest absolute Gasteiger partial charge is 0.252 e. The maximum absolute atomic E-state index is 12.1. The van der Waals surface area contributed by atoms with Crippen molar-refractivity contribution in [3.05, 3.63) is 47.1 Å². The molecular weight excluding hydrogens is 258 g/mol. The summed E-state index contributed by atoms with van der Waals surface area (Å²) >= 11 is 0. The van der Waals surface area contributed by atoms with Crippen LogP contribution in [0, 0.1) is 18.8 Å². The summed E-state index contributed by atoms with van der Waals surface area (Å²) in [5, 5.41) is 15.2. The van der Waals surface area contributed by atoms with Gasteiger partial charge in [-0.15, -0.1) is 0 Å². The molecule has 0 aliphatic carbocycles. The largest absolute Gasteiger partial charge is 0.384 e. The first kappa shape index (κ1) is 13.8. The first-order valence-electron chi connectivity index (χ1n) is 5.95. The van der Waals surface area contributed by atoms with Crippen LogP contribution in [0.1, 0.15) is 27.4 Å². The van der Waals surface area contributed by atoms with Crippen molar-refractivity contribution in [3.63, 3.8) is 0 Å². The van der Waals surface area contributed by atoms with Crippen LogP contribution in [0.15, 0.2) is 29.0 Å². The van der Waals surface area contributed by atoms with Gasteiger partial charge in [-0.25, -0.2) is 0 Å². The minimum absolute atomic E-state index is 0.269. The van der Waals surface area contributed by atoms with Crippen LogP contribution in [0.3, 0.4) is 0 Å². The Hall–Kier alpha value is -2.65. The summed E-state index contributed by atoms with van der Waals surface area (Å²) in [7, 11) is 0. The number of carbonyl (C=O) groups excluding carboxylic acids is 1. The molecule has 0 radical (unpaired) electrons. The van der Waals surface area contributed by atoms with Gasteiger partial charge in [0.15, 0.2) is 0 Å². The molecule has 2 aromatic rings. The Kier molecular flexibility index (Phi) is 4.47. The number of carbonyl (C=O) groups is 1. The molecule has 0 aliphatic rings. The van der Waals surface area contributed by atoms with E-state index in [4.69, 9.17) is 9.63 Å². The van der Waals surface area contributed by atoms with E-state index < -0.39 is 0 Å². The van der Waals surface area contributed by atoms with Gasteiger partial charge in [-0.3, -0.25) is 9.78 Å². The first-order valence-corrected chi connectivity index (χ1v) is 5.95. The summed E-state index contributed by atoms with van der Waals surface area (Å²) in [6.07, 6.45) is 3.00. The molecule has 0 atom stereocenters. The van der Waals surface area contributed by atoms with Crippen LogP contribution in [0.4, 0.5) is 0 Å². The highest BCUT2D eigenvalue weighted by molar-refractivity contribution is 5.96. The van der Waals surface area contributed by atoms with E-state index in [1.54, 1.807) is 19.1 Å². The van der Waals surface area contributed by atoms with Crippen LogP contribution in [0.5, 0.6) is 0 Å². The van der Waals surface area contributed by atoms with Gasteiger partial charge in [0, 0.05) is 18.5 Å². The van der Waals surface area contributed by atoms with Crippen molar-refractivity contribution >= 4 is 5.91 Å². The number of aromatic nitrogens is 2. The standard InChI is InChI=1S/C14H13N3O3/c1-10-7-12(17-20-10)9-16-14(19)13-4-5-15-8-11(13)3-2-6-18/h4-5,7-8,18H,6,9H2,1H3,(H,16,19). The molecule has 0 unspecified atom stereocenters. The van der Waals surface area contributed by atoms with Gasteiger partial charge in [-0.2, -0.15) is 0 Å². The summed E-state index contributed by atoms with van der Waals surface area (Å²) in [5.41, 5.74) is 1.52. The molecule has 0 saturated carbocycles. The monoisotopic (exact) mass is 271 g/mol. The number of aliphatic hydroxyl groups excluding tert-OH is 1. The van der Waals surface area contributed by atoms with Gasteiger partial charge >= 0.3 is 0 Å². The maximum Gasteiger partial charge on any atom is 0.252 e. The van der Waals surface area contributed by atoms with Crippen molar-refractivity contribution in [2.45, 2.75) is 13.5 Å². The highest BCUT2D eigenvalue weighted by atomic mass is 16.5. The van der Waals surface area contributed by atoms with Gasteiger partial charge < -0.3 is 14.9 Å². The van der Waals surface area contributed by atoms with Crippen LogP contribution in [0.2, 0.25) is 0 Å². The average Bonchev–Trinajstić information content (AvgIpc) is 2.88. The summed E-state index contributed by atoms with van der Waals surface area (Å²) in [4.78, 5) is 16.0. The minimum Gasteiger partial charge on any atom is -0.384 e. The quantitative estimate of drug-likeness (QED) is 0.800. The molecule has 2 N–H and O–H groups in total. The highest BCUT2D eigenvalue weighted by Crippen LogP contribution is 2.06. The fourth-order valence-corrected chi connectivity index (χ4v) is 1.59. The average molecular weight is 271 g/mol. The predicted molar refractivity (Wildman–Crippen MR) is 70.6 cm³/mol. The molecule has 0 saturated heterocycles. The number of hydrogen-bond acceptors (Lipinski definition) is 5. The number of nitrogens with zero attached hydrogens (tertiary/aromatic N) is 2. The number of rotatable bonds is 3. The number of nitrogens with one attached hydrogen (secondary N) is 1. The molecule has 0 fully saturated rings. The van der Waals surface area contributed by atoms with E-state index in [1.165, 1.54) is 12.4 Å². The molecule has 2 rings (SSSR count). The van der Waals surface area contributed by atoms with Crippen LogP contribution in [-0.4, -0.2) is 27.8 Å². The summed E-state index contributed by atoms with van der Waals surface area (Å²) in [6.45, 7) is 1.78. The second-order valence-electron chi connectivity index (χ2n) is 3.99. The zero-order valence-corrected chi connectivity index (χ0v) is 10.9. The SMILES string of the molecule is Cc1cc(CNC(=O)c2ccncc2C#CCO)no1. The normalized spacial score (nSPS) is 9.70. The van der Waals surface area contributed by atoms with Crippen LogP contribution in [0.25, 0.3) is 0 Å². The number of amides is 1.